The van der Waals surface area contributed by atoms with Gasteiger partial charge in [-0.3, -0.25) is 9.59 Å². The van der Waals surface area contributed by atoms with E-state index in [1.807, 2.05) is 0 Å². The minimum Gasteiger partial charge on any atom is -0.494 e. The molecule has 1 aliphatic heterocycles. The van der Waals surface area contributed by atoms with Gasteiger partial charge in [0.25, 0.3) is 5.91 Å². The number of rotatable bonds is 5. The van der Waals surface area contributed by atoms with Gasteiger partial charge in [0.05, 0.1) is 5.41 Å². The predicted molar refractivity (Wildman–Crippen MR) is 59.0 cm³/mol. The zero-order valence-electron chi connectivity index (χ0n) is 9.99. The lowest BCUT2D eigenvalue weighted by Gasteiger charge is -2.23. The molecule has 0 fully saturated rings. The quantitative estimate of drug-likeness (QED) is 0.734. The number of nitrogens with one attached hydrogen (secondary N) is 1. The van der Waals surface area contributed by atoms with E-state index < -0.39 is 17.3 Å². The molecule has 6 nitrogen and oxygen atoms in total. The average molecular weight is 243 g/mol. The third-order valence-corrected chi connectivity index (χ3v) is 2.81. The van der Waals surface area contributed by atoms with Crippen molar-refractivity contribution in [2.75, 3.05) is 19.8 Å². The number of aliphatic carboxylic acids is 1. The van der Waals surface area contributed by atoms with Crippen molar-refractivity contribution in [3.8, 4) is 0 Å². The van der Waals surface area contributed by atoms with E-state index >= 15 is 0 Å². The molecule has 0 saturated heterocycles. The summed E-state index contributed by atoms with van der Waals surface area (Å²) in [6, 6.07) is 0. The van der Waals surface area contributed by atoms with Crippen LogP contribution >= 0.6 is 0 Å². The Kier molecular flexibility index (Phi) is 4.37. The van der Waals surface area contributed by atoms with Crippen molar-refractivity contribution in [2.24, 2.45) is 5.41 Å². The van der Waals surface area contributed by atoms with E-state index in [4.69, 9.17) is 14.6 Å². The highest BCUT2D eigenvalue weighted by molar-refractivity contribution is 5.91. The van der Waals surface area contributed by atoms with Gasteiger partial charge >= 0.3 is 5.97 Å². The minimum atomic E-state index is -0.967. The van der Waals surface area contributed by atoms with E-state index in [0.29, 0.717) is 19.6 Å². The van der Waals surface area contributed by atoms with E-state index in [1.54, 1.807) is 13.8 Å². The Hall–Kier alpha value is -1.72. The van der Waals surface area contributed by atoms with Crippen molar-refractivity contribution in [3.63, 3.8) is 0 Å². The highest BCUT2D eigenvalue weighted by Gasteiger charge is 2.32. The van der Waals surface area contributed by atoms with Crippen LogP contribution in [0.3, 0.4) is 0 Å². The normalized spacial score (nSPS) is 18.1. The molecule has 1 amide bonds. The maximum absolute atomic E-state index is 11.6. The Bertz CT molecular complexity index is 339. The average Bonchev–Trinajstić information content (AvgIpc) is 2.36. The standard InChI is InChI=1S/C11H17NO5/c1-3-11(2,10(14)15)7-12-9(13)8-6-16-4-5-17-8/h6H,3-5,7H2,1-2H3,(H,12,13)(H,14,15). The van der Waals surface area contributed by atoms with Gasteiger partial charge in [-0.1, -0.05) is 6.92 Å². The monoisotopic (exact) mass is 243 g/mol. The zero-order chi connectivity index (χ0) is 12.9. The molecular formula is C11H17NO5. The van der Waals surface area contributed by atoms with Crippen LogP contribution in [0.1, 0.15) is 20.3 Å². The van der Waals surface area contributed by atoms with Crippen molar-refractivity contribution in [1.29, 1.82) is 0 Å². The summed E-state index contributed by atoms with van der Waals surface area (Å²) in [4.78, 5) is 22.6. The number of amides is 1. The van der Waals surface area contributed by atoms with E-state index in [-0.39, 0.29) is 12.3 Å². The third kappa shape index (κ3) is 3.37. The number of ether oxygens (including phenoxy) is 2. The zero-order valence-corrected chi connectivity index (χ0v) is 9.99. The fourth-order valence-electron chi connectivity index (χ4n) is 1.20. The molecule has 96 valence electrons. The molecule has 1 rings (SSSR count). The summed E-state index contributed by atoms with van der Waals surface area (Å²) in [7, 11) is 0. The molecule has 0 aromatic carbocycles. The molecule has 1 unspecified atom stereocenters. The largest absolute Gasteiger partial charge is 0.494 e. The highest BCUT2D eigenvalue weighted by atomic mass is 16.6. The molecule has 2 N–H and O–H groups in total. The fourth-order valence-corrected chi connectivity index (χ4v) is 1.20. The van der Waals surface area contributed by atoms with Crippen LogP contribution in [0.15, 0.2) is 12.0 Å². The Morgan fingerprint density at radius 3 is 2.71 bits per heavy atom. The van der Waals surface area contributed by atoms with Gasteiger partial charge in [0.1, 0.15) is 19.5 Å². The third-order valence-electron chi connectivity index (χ3n) is 2.81. The first-order valence-electron chi connectivity index (χ1n) is 5.46. The number of carbonyl (C=O) groups is 2. The lowest BCUT2D eigenvalue weighted by Crippen LogP contribution is -2.41. The number of hydrogen-bond donors (Lipinski definition) is 2. The van der Waals surface area contributed by atoms with Crippen LogP contribution in [0.5, 0.6) is 0 Å². The summed E-state index contributed by atoms with van der Waals surface area (Å²) >= 11 is 0. The van der Waals surface area contributed by atoms with Crippen LogP contribution in [0.25, 0.3) is 0 Å². The van der Waals surface area contributed by atoms with Crippen LogP contribution in [-0.2, 0) is 19.1 Å². The molecule has 1 heterocycles. The smallest absolute Gasteiger partial charge is 0.311 e. The molecule has 0 radical (unpaired) electrons. The molecule has 0 bridgehead atoms. The van der Waals surface area contributed by atoms with Crippen LogP contribution in [0, 0.1) is 5.41 Å². The SMILES string of the molecule is CCC(C)(CNC(=O)C1=COCCO1)C(=O)O. The van der Waals surface area contributed by atoms with Gasteiger partial charge in [-0.15, -0.1) is 0 Å². The maximum Gasteiger partial charge on any atom is 0.311 e. The van der Waals surface area contributed by atoms with Gasteiger partial charge in [0.15, 0.2) is 0 Å². The topological polar surface area (TPSA) is 84.9 Å². The van der Waals surface area contributed by atoms with Crippen molar-refractivity contribution in [1.82, 2.24) is 5.32 Å². The molecule has 0 saturated carbocycles. The Labute approximate surface area is 99.6 Å². The Balaban J connectivity index is 2.52. The second-order valence-electron chi connectivity index (χ2n) is 4.10. The molecule has 0 aliphatic carbocycles. The van der Waals surface area contributed by atoms with Gasteiger partial charge in [-0.2, -0.15) is 0 Å². The van der Waals surface area contributed by atoms with Crippen LogP contribution < -0.4 is 5.32 Å². The van der Waals surface area contributed by atoms with Crippen molar-refractivity contribution in [2.45, 2.75) is 20.3 Å². The second-order valence-corrected chi connectivity index (χ2v) is 4.10. The van der Waals surface area contributed by atoms with Gasteiger partial charge in [-0.05, 0) is 13.3 Å². The molecule has 6 heteroatoms. The summed E-state index contributed by atoms with van der Waals surface area (Å²) in [5.41, 5.74) is -0.967. The fraction of sp³-hybridized carbons (Fsp3) is 0.636. The summed E-state index contributed by atoms with van der Waals surface area (Å²) in [6.07, 6.45) is 1.67. The molecule has 17 heavy (non-hydrogen) atoms. The summed E-state index contributed by atoms with van der Waals surface area (Å²) in [5.74, 6) is -1.30. The molecule has 0 spiro atoms. The number of carbonyl (C=O) groups excluding carboxylic acids is 1. The minimum absolute atomic E-state index is 0.0539. The van der Waals surface area contributed by atoms with Gasteiger partial charge in [0.2, 0.25) is 5.76 Å². The first kappa shape index (κ1) is 13.3. The van der Waals surface area contributed by atoms with E-state index in [9.17, 15) is 9.59 Å². The summed E-state index contributed by atoms with van der Waals surface area (Å²) in [6.45, 7) is 4.14. The molecule has 1 aliphatic rings. The summed E-state index contributed by atoms with van der Waals surface area (Å²) in [5, 5.41) is 11.6. The first-order valence-corrected chi connectivity index (χ1v) is 5.46. The van der Waals surface area contributed by atoms with Crippen LogP contribution in [0.2, 0.25) is 0 Å². The van der Waals surface area contributed by atoms with Crippen LogP contribution in [0.4, 0.5) is 0 Å². The van der Waals surface area contributed by atoms with Crippen molar-refractivity contribution < 1.29 is 24.2 Å². The first-order chi connectivity index (χ1) is 7.99. The molecule has 1 atom stereocenters. The van der Waals surface area contributed by atoms with E-state index in [2.05, 4.69) is 5.32 Å². The van der Waals surface area contributed by atoms with Crippen LogP contribution in [-0.4, -0.2) is 36.7 Å². The van der Waals surface area contributed by atoms with E-state index in [1.165, 1.54) is 6.26 Å². The molecule has 0 aromatic heterocycles. The Morgan fingerprint density at radius 2 is 2.24 bits per heavy atom. The lowest BCUT2D eigenvalue weighted by molar-refractivity contribution is -0.148. The number of carboxylic acids is 1. The Morgan fingerprint density at radius 1 is 1.53 bits per heavy atom. The van der Waals surface area contributed by atoms with Gasteiger partial charge < -0.3 is 19.9 Å². The van der Waals surface area contributed by atoms with Gasteiger partial charge in [-0.25, -0.2) is 0 Å². The molecule has 0 aromatic rings. The summed E-state index contributed by atoms with van der Waals surface area (Å²) < 4.78 is 10.0. The highest BCUT2D eigenvalue weighted by Crippen LogP contribution is 2.20. The number of hydrogen-bond acceptors (Lipinski definition) is 4. The van der Waals surface area contributed by atoms with Gasteiger partial charge in [0, 0.05) is 6.54 Å². The second kappa shape index (κ2) is 5.56. The lowest BCUT2D eigenvalue weighted by atomic mass is 9.88. The predicted octanol–water partition coefficient (Wildman–Crippen LogP) is 0.492. The van der Waals surface area contributed by atoms with Crippen molar-refractivity contribution >= 4 is 11.9 Å². The molecular weight excluding hydrogens is 226 g/mol. The van der Waals surface area contributed by atoms with E-state index in [0.717, 1.165) is 0 Å². The number of carboxylic acid groups (broad SMARTS) is 1. The maximum atomic E-state index is 11.6. The van der Waals surface area contributed by atoms with Crippen molar-refractivity contribution in [3.05, 3.63) is 12.0 Å².